The highest BCUT2D eigenvalue weighted by Gasteiger charge is 2.48. The Labute approximate surface area is 146 Å². The number of hydrogen-bond acceptors (Lipinski definition) is 6. The van der Waals surface area contributed by atoms with Crippen LogP contribution in [0.5, 0.6) is 0 Å². The van der Waals surface area contributed by atoms with E-state index in [9.17, 15) is 14.7 Å². The van der Waals surface area contributed by atoms with E-state index in [4.69, 9.17) is 4.74 Å². The van der Waals surface area contributed by atoms with Crippen LogP contribution in [-0.4, -0.2) is 76.4 Å². The first-order chi connectivity index (χ1) is 11.8. The molecule has 0 aliphatic carbocycles. The van der Waals surface area contributed by atoms with Gasteiger partial charge in [-0.05, 0) is 6.42 Å². The van der Waals surface area contributed by atoms with Crippen LogP contribution >= 0.6 is 0 Å². The molecule has 8 heteroatoms. The molecule has 1 atom stereocenters. The average Bonchev–Trinajstić information content (AvgIpc) is 2.51. The molecule has 3 rings (SSSR count). The summed E-state index contributed by atoms with van der Waals surface area (Å²) >= 11 is 0. The predicted molar refractivity (Wildman–Crippen MR) is 93.6 cm³/mol. The fraction of sp³-hybridized carbons (Fsp3) is 0.765. The minimum atomic E-state index is -0.761. The summed E-state index contributed by atoms with van der Waals surface area (Å²) in [6.07, 6.45) is 0.658. The maximum atomic E-state index is 11.5. The Morgan fingerprint density at radius 2 is 1.88 bits per heavy atom. The molecule has 0 spiro atoms. The lowest BCUT2D eigenvalue weighted by Gasteiger charge is -2.52. The van der Waals surface area contributed by atoms with Crippen LogP contribution in [0.15, 0.2) is 15.7 Å². The third kappa shape index (κ3) is 4.20. The van der Waals surface area contributed by atoms with Gasteiger partial charge in [0.1, 0.15) is 0 Å². The Morgan fingerprint density at radius 1 is 1.16 bits per heavy atom. The lowest BCUT2D eigenvalue weighted by atomic mass is 9.69. The molecule has 8 nitrogen and oxygen atoms in total. The van der Waals surface area contributed by atoms with E-state index in [1.54, 1.807) is 0 Å². The highest BCUT2D eigenvalue weighted by molar-refractivity contribution is 5.04. The molecule has 2 fully saturated rings. The van der Waals surface area contributed by atoms with Gasteiger partial charge in [0.15, 0.2) is 0 Å². The summed E-state index contributed by atoms with van der Waals surface area (Å²) in [5.74, 6) is 0. The second kappa shape index (κ2) is 7.03. The van der Waals surface area contributed by atoms with Gasteiger partial charge in [0, 0.05) is 56.4 Å². The molecule has 2 aliphatic heterocycles. The van der Waals surface area contributed by atoms with Crippen molar-refractivity contribution in [2.24, 2.45) is 5.41 Å². The highest BCUT2D eigenvalue weighted by Crippen LogP contribution is 2.39. The number of aromatic amines is 2. The highest BCUT2D eigenvalue weighted by atomic mass is 16.5. The number of aliphatic hydroxyl groups is 1. The van der Waals surface area contributed by atoms with Gasteiger partial charge in [0.25, 0.3) is 5.56 Å². The Balaban J connectivity index is 1.66. The number of piperidine rings is 1. The topological polar surface area (TPSA) is 102 Å². The lowest BCUT2D eigenvalue weighted by Crippen LogP contribution is -2.62. The summed E-state index contributed by atoms with van der Waals surface area (Å²) in [6.45, 7) is 9.89. The van der Waals surface area contributed by atoms with Crippen molar-refractivity contribution in [2.75, 3.05) is 45.9 Å². The van der Waals surface area contributed by atoms with Crippen LogP contribution in [0.4, 0.5) is 0 Å². The Hall–Kier alpha value is -1.48. The number of morpholine rings is 1. The lowest BCUT2D eigenvalue weighted by molar-refractivity contribution is -0.141. The summed E-state index contributed by atoms with van der Waals surface area (Å²) in [5, 5.41) is 11.3. The molecule has 25 heavy (non-hydrogen) atoms. The molecule has 0 bridgehead atoms. The molecule has 3 N–H and O–H groups in total. The second-order valence-corrected chi connectivity index (χ2v) is 7.88. The van der Waals surface area contributed by atoms with Crippen molar-refractivity contribution >= 4 is 0 Å². The number of rotatable bonds is 4. The van der Waals surface area contributed by atoms with Crippen molar-refractivity contribution in [1.82, 2.24) is 19.8 Å². The fourth-order valence-corrected chi connectivity index (χ4v) is 3.87. The SMILES string of the molecule is CC1(C)CN(Cc2cc(=O)[nH]c(=O)[nH]2)CC[C@]1(O)CN1CCOCC1. The minimum absolute atomic E-state index is 0.301. The first-order valence-electron chi connectivity index (χ1n) is 8.85. The number of likely N-dealkylation sites (tertiary alicyclic amines) is 1. The number of H-pyrrole nitrogens is 2. The molecular weight excluding hydrogens is 324 g/mol. The third-order valence-electron chi connectivity index (χ3n) is 5.52. The Morgan fingerprint density at radius 3 is 2.52 bits per heavy atom. The summed E-state index contributed by atoms with van der Waals surface area (Å²) in [7, 11) is 0. The number of hydrogen-bond donors (Lipinski definition) is 3. The van der Waals surface area contributed by atoms with Crippen molar-refractivity contribution in [1.29, 1.82) is 0 Å². The zero-order valence-electron chi connectivity index (χ0n) is 15.0. The number of ether oxygens (including phenoxy) is 1. The maximum absolute atomic E-state index is 11.5. The van der Waals surface area contributed by atoms with Gasteiger partial charge in [-0.3, -0.25) is 19.6 Å². The number of β-amino-alcohol motifs (C(OH)–C–C–N with tert-alkyl or cyclic N) is 1. The molecule has 2 saturated heterocycles. The van der Waals surface area contributed by atoms with Gasteiger partial charge < -0.3 is 14.8 Å². The van der Waals surface area contributed by atoms with Crippen molar-refractivity contribution in [3.05, 3.63) is 32.6 Å². The summed E-state index contributed by atoms with van der Waals surface area (Å²) in [5.41, 5.74) is -1.34. The van der Waals surface area contributed by atoms with Crippen LogP contribution in [-0.2, 0) is 11.3 Å². The van der Waals surface area contributed by atoms with Crippen LogP contribution < -0.4 is 11.2 Å². The number of aromatic nitrogens is 2. The quantitative estimate of drug-likeness (QED) is 0.666. The van der Waals surface area contributed by atoms with E-state index in [-0.39, 0.29) is 11.0 Å². The Kier molecular flexibility index (Phi) is 5.15. The monoisotopic (exact) mass is 352 g/mol. The molecule has 1 aromatic heterocycles. The van der Waals surface area contributed by atoms with Crippen LogP contribution in [0.25, 0.3) is 0 Å². The van der Waals surface area contributed by atoms with Gasteiger partial charge >= 0.3 is 5.69 Å². The standard InChI is InChI=1S/C17H28N4O4/c1-16(2)11-21(10-13-9-14(22)19-15(23)18-13)4-3-17(16,24)12-20-5-7-25-8-6-20/h9,24H,3-8,10-12H2,1-2H3,(H2,18,19,22,23)/t17-/m0/s1. The minimum Gasteiger partial charge on any atom is -0.388 e. The largest absolute Gasteiger partial charge is 0.388 e. The van der Waals surface area contributed by atoms with Crippen LogP contribution in [0.1, 0.15) is 26.0 Å². The van der Waals surface area contributed by atoms with E-state index in [2.05, 4.69) is 33.6 Å². The summed E-state index contributed by atoms with van der Waals surface area (Å²) in [4.78, 5) is 32.2. The molecular formula is C17H28N4O4. The van der Waals surface area contributed by atoms with Crippen molar-refractivity contribution in [3.8, 4) is 0 Å². The summed E-state index contributed by atoms with van der Waals surface area (Å²) < 4.78 is 5.39. The Bertz CT molecular complexity index is 679. The first-order valence-corrected chi connectivity index (χ1v) is 8.85. The third-order valence-corrected chi connectivity index (χ3v) is 5.52. The van der Waals surface area contributed by atoms with Crippen LogP contribution in [0.3, 0.4) is 0 Å². The maximum Gasteiger partial charge on any atom is 0.325 e. The van der Waals surface area contributed by atoms with Gasteiger partial charge in [-0.25, -0.2) is 4.79 Å². The molecule has 1 aromatic rings. The molecule has 2 aliphatic rings. The molecule has 0 radical (unpaired) electrons. The van der Waals surface area contributed by atoms with Crippen molar-refractivity contribution in [2.45, 2.75) is 32.4 Å². The molecule has 0 unspecified atom stereocenters. The van der Waals surface area contributed by atoms with E-state index in [0.29, 0.717) is 31.7 Å². The second-order valence-electron chi connectivity index (χ2n) is 7.88. The van der Waals surface area contributed by atoms with Gasteiger partial charge in [0.05, 0.1) is 18.8 Å². The van der Waals surface area contributed by atoms with Crippen LogP contribution in [0.2, 0.25) is 0 Å². The molecule has 0 amide bonds. The average molecular weight is 352 g/mol. The zero-order valence-corrected chi connectivity index (χ0v) is 15.0. The van der Waals surface area contributed by atoms with Crippen LogP contribution in [0, 0.1) is 5.41 Å². The summed E-state index contributed by atoms with van der Waals surface area (Å²) in [6, 6.07) is 1.42. The molecule has 0 saturated carbocycles. The van der Waals surface area contributed by atoms with Gasteiger partial charge in [-0.2, -0.15) is 0 Å². The predicted octanol–water partition coefficient (Wildman–Crippen LogP) is -0.642. The van der Waals surface area contributed by atoms with E-state index in [0.717, 1.165) is 32.8 Å². The van der Waals surface area contributed by atoms with E-state index in [1.807, 2.05) is 0 Å². The zero-order chi connectivity index (χ0) is 18.1. The molecule has 140 valence electrons. The van der Waals surface area contributed by atoms with E-state index < -0.39 is 11.3 Å². The smallest absolute Gasteiger partial charge is 0.325 e. The number of nitrogens with one attached hydrogen (secondary N) is 2. The first kappa shape index (κ1) is 18.3. The van der Waals surface area contributed by atoms with Crippen molar-refractivity contribution in [3.63, 3.8) is 0 Å². The normalized spacial score (nSPS) is 28.1. The van der Waals surface area contributed by atoms with Gasteiger partial charge in [0.2, 0.25) is 0 Å². The van der Waals surface area contributed by atoms with E-state index >= 15 is 0 Å². The molecule has 0 aromatic carbocycles. The number of nitrogens with zero attached hydrogens (tertiary/aromatic N) is 2. The van der Waals surface area contributed by atoms with Gasteiger partial charge in [-0.1, -0.05) is 13.8 Å². The molecule has 3 heterocycles. The fourth-order valence-electron chi connectivity index (χ4n) is 3.87. The van der Waals surface area contributed by atoms with Crippen molar-refractivity contribution < 1.29 is 9.84 Å². The van der Waals surface area contributed by atoms with Gasteiger partial charge in [-0.15, -0.1) is 0 Å². The van der Waals surface area contributed by atoms with E-state index in [1.165, 1.54) is 6.07 Å².